The molecule has 1 aromatic carbocycles. The zero-order valence-electron chi connectivity index (χ0n) is 10.7. The zero-order valence-corrected chi connectivity index (χ0v) is 12.2. The molecule has 4 heteroatoms. The van der Waals surface area contributed by atoms with Crippen molar-refractivity contribution in [2.24, 2.45) is 11.7 Å². The second-order valence-electron chi connectivity index (χ2n) is 4.97. The van der Waals surface area contributed by atoms with Crippen molar-refractivity contribution in [2.45, 2.75) is 38.1 Å². The minimum atomic E-state index is -0.114. The van der Waals surface area contributed by atoms with Gasteiger partial charge in [0.15, 0.2) is 11.5 Å². The van der Waals surface area contributed by atoms with Crippen LogP contribution in [0.4, 0.5) is 0 Å². The van der Waals surface area contributed by atoms with E-state index in [-0.39, 0.29) is 11.8 Å². The van der Waals surface area contributed by atoms with Gasteiger partial charge >= 0.3 is 0 Å². The predicted octanol–water partition coefficient (Wildman–Crippen LogP) is 3.74. The smallest absolute Gasteiger partial charge is 0.162 e. The molecule has 3 N–H and O–H groups in total. The molecular formula is C14H20BrNO2. The van der Waals surface area contributed by atoms with E-state index < -0.39 is 0 Å². The van der Waals surface area contributed by atoms with Crippen LogP contribution in [0.2, 0.25) is 0 Å². The lowest BCUT2D eigenvalue weighted by Gasteiger charge is -2.28. The molecule has 1 saturated carbocycles. The van der Waals surface area contributed by atoms with E-state index in [4.69, 9.17) is 10.5 Å². The van der Waals surface area contributed by atoms with Gasteiger partial charge in [-0.05, 0) is 30.9 Å². The standard InChI is InChI=1S/C14H20BrNO2/c1-18-12-8-10(15)7-11(14(12)17)13(16)9-5-3-2-4-6-9/h7-9,13,17H,2-6,16H2,1H3/t13-/m0/s1. The fourth-order valence-electron chi connectivity index (χ4n) is 2.75. The summed E-state index contributed by atoms with van der Waals surface area (Å²) in [4.78, 5) is 0. The Kier molecular flexibility index (Phi) is 4.51. The molecule has 1 atom stereocenters. The lowest BCUT2D eigenvalue weighted by atomic mass is 9.81. The summed E-state index contributed by atoms with van der Waals surface area (Å²) in [6.07, 6.45) is 6.08. The van der Waals surface area contributed by atoms with Gasteiger partial charge in [-0.3, -0.25) is 0 Å². The summed E-state index contributed by atoms with van der Waals surface area (Å²) in [7, 11) is 1.55. The molecule has 0 bridgehead atoms. The van der Waals surface area contributed by atoms with Gasteiger partial charge in [0.25, 0.3) is 0 Å². The number of ether oxygens (including phenoxy) is 1. The van der Waals surface area contributed by atoms with E-state index in [0.717, 1.165) is 22.9 Å². The average Bonchev–Trinajstić information content (AvgIpc) is 2.41. The Balaban J connectivity index is 2.28. The minimum Gasteiger partial charge on any atom is -0.504 e. The van der Waals surface area contributed by atoms with Crippen molar-refractivity contribution < 1.29 is 9.84 Å². The molecule has 0 spiro atoms. The summed E-state index contributed by atoms with van der Waals surface area (Å²) in [6.45, 7) is 0. The summed E-state index contributed by atoms with van der Waals surface area (Å²) in [5.41, 5.74) is 7.11. The second kappa shape index (κ2) is 5.93. The Morgan fingerprint density at radius 3 is 2.61 bits per heavy atom. The molecular weight excluding hydrogens is 294 g/mol. The molecule has 0 aromatic heterocycles. The maximum atomic E-state index is 10.2. The number of rotatable bonds is 3. The highest BCUT2D eigenvalue weighted by Crippen LogP contribution is 2.41. The predicted molar refractivity (Wildman–Crippen MR) is 75.9 cm³/mol. The molecule has 2 rings (SSSR count). The van der Waals surface area contributed by atoms with Crippen LogP contribution in [0.3, 0.4) is 0 Å². The Morgan fingerprint density at radius 1 is 1.33 bits per heavy atom. The number of hydrogen-bond acceptors (Lipinski definition) is 3. The molecule has 3 nitrogen and oxygen atoms in total. The third kappa shape index (κ3) is 2.81. The van der Waals surface area contributed by atoms with Gasteiger partial charge in [-0.15, -0.1) is 0 Å². The van der Waals surface area contributed by atoms with Crippen LogP contribution >= 0.6 is 15.9 Å². The number of benzene rings is 1. The summed E-state index contributed by atoms with van der Waals surface area (Å²) in [5, 5.41) is 10.2. The monoisotopic (exact) mass is 313 g/mol. The Bertz CT molecular complexity index is 417. The van der Waals surface area contributed by atoms with Crippen molar-refractivity contribution in [1.82, 2.24) is 0 Å². The lowest BCUT2D eigenvalue weighted by molar-refractivity contribution is 0.299. The van der Waals surface area contributed by atoms with E-state index in [1.807, 2.05) is 6.07 Å². The van der Waals surface area contributed by atoms with Crippen molar-refractivity contribution in [3.8, 4) is 11.5 Å². The van der Waals surface area contributed by atoms with Gasteiger partial charge in [-0.1, -0.05) is 35.2 Å². The first kappa shape index (κ1) is 13.7. The number of phenols is 1. The van der Waals surface area contributed by atoms with Crippen molar-refractivity contribution in [3.63, 3.8) is 0 Å². The van der Waals surface area contributed by atoms with E-state index in [2.05, 4.69) is 15.9 Å². The van der Waals surface area contributed by atoms with Crippen LogP contribution in [-0.2, 0) is 0 Å². The van der Waals surface area contributed by atoms with Crippen LogP contribution in [0.5, 0.6) is 11.5 Å². The third-order valence-corrected chi connectivity index (χ3v) is 4.26. The molecule has 1 aliphatic carbocycles. The van der Waals surface area contributed by atoms with E-state index in [0.29, 0.717) is 11.7 Å². The summed E-state index contributed by atoms with van der Waals surface area (Å²) in [6, 6.07) is 3.54. The highest BCUT2D eigenvalue weighted by atomic mass is 79.9. The van der Waals surface area contributed by atoms with Gasteiger partial charge in [0.1, 0.15) is 0 Å². The maximum absolute atomic E-state index is 10.2. The zero-order chi connectivity index (χ0) is 13.1. The quantitative estimate of drug-likeness (QED) is 0.893. The topological polar surface area (TPSA) is 55.5 Å². The molecule has 0 saturated heterocycles. The summed E-state index contributed by atoms with van der Waals surface area (Å²) in [5.74, 6) is 1.12. The minimum absolute atomic E-state index is 0.114. The van der Waals surface area contributed by atoms with Gasteiger partial charge in [-0.2, -0.15) is 0 Å². The molecule has 0 aliphatic heterocycles. The normalized spacial score (nSPS) is 18.6. The Hall–Kier alpha value is -0.740. The summed E-state index contributed by atoms with van der Waals surface area (Å²) >= 11 is 3.43. The highest BCUT2D eigenvalue weighted by molar-refractivity contribution is 9.10. The van der Waals surface area contributed by atoms with E-state index in [1.54, 1.807) is 13.2 Å². The highest BCUT2D eigenvalue weighted by Gasteiger charge is 2.25. The van der Waals surface area contributed by atoms with Gasteiger partial charge in [-0.25, -0.2) is 0 Å². The third-order valence-electron chi connectivity index (χ3n) is 3.81. The SMILES string of the molecule is COc1cc(Br)cc([C@@H](N)C2CCCCC2)c1O. The van der Waals surface area contributed by atoms with Crippen molar-refractivity contribution in [2.75, 3.05) is 7.11 Å². The largest absolute Gasteiger partial charge is 0.504 e. The van der Waals surface area contributed by atoms with Gasteiger partial charge in [0.05, 0.1) is 7.11 Å². The molecule has 0 radical (unpaired) electrons. The van der Waals surface area contributed by atoms with Crippen LogP contribution in [0, 0.1) is 5.92 Å². The van der Waals surface area contributed by atoms with E-state index in [1.165, 1.54) is 19.3 Å². The number of halogens is 1. The maximum Gasteiger partial charge on any atom is 0.162 e. The molecule has 0 amide bonds. The Labute approximate surface area is 116 Å². The van der Waals surface area contributed by atoms with Crippen molar-refractivity contribution in [3.05, 3.63) is 22.2 Å². The summed E-state index contributed by atoms with van der Waals surface area (Å²) < 4.78 is 6.06. The van der Waals surface area contributed by atoms with Crippen LogP contribution < -0.4 is 10.5 Å². The fourth-order valence-corrected chi connectivity index (χ4v) is 3.21. The van der Waals surface area contributed by atoms with Gasteiger partial charge in [0.2, 0.25) is 0 Å². The fraction of sp³-hybridized carbons (Fsp3) is 0.571. The molecule has 0 heterocycles. The number of aromatic hydroxyl groups is 1. The van der Waals surface area contributed by atoms with Crippen LogP contribution in [0.25, 0.3) is 0 Å². The molecule has 1 aromatic rings. The first-order valence-corrected chi connectivity index (χ1v) is 7.24. The van der Waals surface area contributed by atoms with Crippen molar-refractivity contribution >= 4 is 15.9 Å². The van der Waals surface area contributed by atoms with Crippen LogP contribution in [0.15, 0.2) is 16.6 Å². The first-order valence-electron chi connectivity index (χ1n) is 6.45. The van der Waals surface area contributed by atoms with Crippen molar-refractivity contribution in [1.29, 1.82) is 0 Å². The second-order valence-corrected chi connectivity index (χ2v) is 5.89. The number of nitrogens with two attached hydrogens (primary N) is 1. The van der Waals surface area contributed by atoms with Crippen LogP contribution in [-0.4, -0.2) is 12.2 Å². The van der Waals surface area contributed by atoms with Crippen LogP contribution in [0.1, 0.15) is 43.7 Å². The molecule has 0 unspecified atom stereocenters. The van der Waals surface area contributed by atoms with Gasteiger partial charge in [0, 0.05) is 16.1 Å². The molecule has 1 aliphatic rings. The van der Waals surface area contributed by atoms with E-state index in [9.17, 15) is 5.11 Å². The number of hydrogen-bond donors (Lipinski definition) is 2. The van der Waals surface area contributed by atoms with E-state index >= 15 is 0 Å². The number of phenolic OH excluding ortho intramolecular Hbond substituents is 1. The van der Waals surface area contributed by atoms with Gasteiger partial charge < -0.3 is 15.6 Å². The molecule has 1 fully saturated rings. The number of methoxy groups -OCH3 is 1. The molecule has 18 heavy (non-hydrogen) atoms. The average molecular weight is 314 g/mol. The molecule has 100 valence electrons. The lowest BCUT2D eigenvalue weighted by Crippen LogP contribution is -2.23. The first-order chi connectivity index (χ1) is 8.63. The Morgan fingerprint density at radius 2 is 2.00 bits per heavy atom.